The summed E-state index contributed by atoms with van der Waals surface area (Å²) in [5.74, 6) is 1.04. The van der Waals surface area contributed by atoms with Crippen LogP contribution in [-0.2, 0) is 4.79 Å². The summed E-state index contributed by atoms with van der Waals surface area (Å²) in [6, 6.07) is 15.1. The Bertz CT molecular complexity index is 634. The number of nitrogens with one attached hydrogen (secondary N) is 1. The van der Waals surface area contributed by atoms with Crippen molar-refractivity contribution < 1.29 is 14.3 Å². The molecular formula is C17H17NO3S. The molecule has 2 rings (SSSR count). The molecular weight excluding hydrogens is 298 g/mol. The van der Waals surface area contributed by atoms with E-state index in [1.165, 1.54) is 17.8 Å². The van der Waals surface area contributed by atoms with Crippen LogP contribution in [0.15, 0.2) is 64.9 Å². The highest BCUT2D eigenvalue weighted by Crippen LogP contribution is 2.25. The third kappa shape index (κ3) is 4.86. The number of benzene rings is 2. The molecule has 0 fully saturated rings. The summed E-state index contributed by atoms with van der Waals surface area (Å²) in [6.07, 6.45) is 1.49. The fourth-order valence-electron chi connectivity index (χ4n) is 1.74. The molecule has 0 atom stereocenters. The first-order valence-corrected chi connectivity index (χ1v) is 7.51. The Morgan fingerprint density at radius 3 is 2.27 bits per heavy atom. The first-order valence-electron chi connectivity index (χ1n) is 6.63. The lowest BCUT2D eigenvalue weighted by molar-refractivity contribution is -0.111. The molecule has 0 saturated heterocycles. The normalized spacial score (nSPS) is 10.5. The second-order valence-corrected chi connectivity index (χ2v) is 5.30. The molecule has 1 amide bonds. The summed E-state index contributed by atoms with van der Waals surface area (Å²) in [7, 11) is 3.13. The van der Waals surface area contributed by atoms with E-state index in [2.05, 4.69) is 5.32 Å². The maximum atomic E-state index is 11.9. The predicted molar refractivity (Wildman–Crippen MR) is 89.6 cm³/mol. The summed E-state index contributed by atoms with van der Waals surface area (Å²) in [5.41, 5.74) is 0.621. The van der Waals surface area contributed by atoms with Gasteiger partial charge in [-0.15, -0.1) is 0 Å². The minimum atomic E-state index is -0.210. The molecule has 0 aliphatic heterocycles. The molecule has 0 radical (unpaired) electrons. The summed E-state index contributed by atoms with van der Waals surface area (Å²) in [4.78, 5) is 13.0. The predicted octanol–water partition coefficient (Wildman–Crippen LogP) is 3.95. The topological polar surface area (TPSA) is 47.6 Å². The van der Waals surface area contributed by atoms with Gasteiger partial charge in [0.2, 0.25) is 5.91 Å². The number of hydrogen-bond donors (Lipinski definition) is 1. The SMILES string of the molecule is COc1cc(NC(=O)/C=C/Sc2ccccc2)cc(OC)c1. The highest BCUT2D eigenvalue weighted by atomic mass is 32.2. The number of hydrogen-bond acceptors (Lipinski definition) is 4. The van der Waals surface area contributed by atoms with Gasteiger partial charge in [-0.05, 0) is 17.5 Å². The standard InChI is InChI=1S/C17H17NO3S/c1-20-14-10-13(11-15(12-14)21-2)18-17(19)8-9-22-16-6-4-3-5-7-16/h3-12H,1-2H3,(H,18,19)/b9-8+. The van der Waals surface area contributed by atoms with Gasteiger partial charge in [0.15, 0.2) is 0 Å². The maximum Gasteiger partial charge on any atom is 0.248 e. The number of carbonyl (C=O) groups is 1. The number of amides is 1. The molecule has 0 aliphatic rings. The zero-order chi connectivity index (χ0) is 15.8. The van der Waals surface area contributed by atoms with Crippen LogP contribution in [0.3, 0.4) is 0 Å². The van der Waals surface area contributed by atoms with Crippen molar-refractivity contribution in [1.82, 2.24) is 0 Å². The van der Waals surface area contributed by atoms with Crippen molar-refractivity contribution in [3.63, 3.8) is 0 Å². The van der Waals surface area contributed by atoms with Gasteiger partial charge in [0, 0.05) is 34.9 Å². The number of methoxy groups -OCH3 is 2. The molecule has 2 aromatic rings. The van der Waals surface area contributed by atoms with E-state index in [4.69, 9.17) is 9.47 Å². The van der Waals surface area contributed by atoms with Gasteiger partial charge in [0.25, 0.3) is 0 Å². The van der Waals surface area contributed by atoms with Crippen LogP contribution in [0.25, 0.3) is 0 Å². The lowest BCUT2D eigenvalue weighted by atomic mass is 10.2. The lowest BCUT2D eigenvalue weighted by Gasteiger charge is -2.08. The van der Waals surface area contributed by atoms with Crippen molar-refractivity contribution in [3.05, 3.63) is 60.0 Å². The van der Waals surface area contributed by atoms with Crippen molar-refractivity contribution in [2.24, 2.45) is 0 Å². The summed E-state index contributed by atoms with van der Waals surface area (Å²) in [6.45, 7) is 0. The quantitative estimate of drug-likeness (QED) is 0.648. The zero-order valence-corrected chi connectivity index (χ0v) is 13.2. The van der Waals surface area contributed by atoms with Crippen LogP contribution in [0.1, 0.15) is 0 Å². The smallest absolute Gasteiger partial charge is 0.248 e. The van der Waals surface area contributed by atoms with E-state index in [-0.39, 0.29) is 5.91 Å². The Balaban J connectivity index is 1.97. The van der Waals surface area contributed by atoms with Crippen LogP contribution >= 0.6 is 11.8 Å². The van der Waals surface area contributed by atoms with Gasteiger partial charge >= 0.3 is 0 Å². The van der Waals surface area contributed by atoms with Crippen molar-refractivity contribution in [1.29, 1.82) is 0 Å². The van der Waals surface area contributed by atoms with E-state index in [0.29, 0.717) is 17.2 Å². The minimum Gasteiger partial charge on any atom is -0.497 e. The van der Waals surface area contributed by atoms with Gasteiger partial charge < -0.3 is 14.8 Å². The molecule has 0 spiro atoms. The number of carbonyl (C=O) groups excluding carboxylic acids is 1. The van der Waals surface area contributed by atoms with E-state index in [1.807, 2.05) is 30.3 Å². The van der Waals surface area contributed by atoms with Crippen LogP contribution in [0.5, 0.6) is 11.5 Å². The first kappa shape index (κ1) is 16.0. The fourth-order valence-corrected chi connectivity index (χ4v) is 2.40. The van der Waals surface area contributed by atoms with Gasteiger partial charge in [0.05, 0.1) is 14.2 Å². The summed E-state index contributed by atoms with van der Waals surface area (Å²) in [5, 5.41) is 4.53. The van der Waals surface area contributed by atoms with Gasteiger partial charge in [0.1, 0.15) is 11.5 Å². The summed E-state index contributed by atoms with van der Waals surface area (Å²) < 4.78 is 10.3. The molecule has 5 heteroatoms. The van der Waals surface area contributed by atoms with Gasteiger partial charge in [-0.1, -0.05) is 30.0 Å². The van der Waals surface area contributed by atoms with Gasteiger partial charge in [-0.3, -0.25) is 4.79 Å². The molecule has 1 N–H and O–H groups in total. The zero-order valence-electron chi connectivity index (χ0n) is 12.4. The largest absolute Gasteiger partial charge is 0.497 e. The molecule has 0 saturated carbocycles. The highest BCUT2D eigenvalue weighted by Gasteiger charge is 2.04. The van der Waals surface area contributed by atoms with Crippen LogP contribution in [-0.4, -0.2) is 20.1 Å². The Kier molecular flexibility index (Phi) is 5.91. The van der Waals surface area contributed by atoms with Crippen LogP contribution in [0.4, 0.5) is 5.69 Å². The van der Waals surface area contributed by atoms with Crippen LogP contribution in [0.2, 0.25) is 0 Å². The number of rotatable bonds is 6. The average molecular weight is 315 g/mol. The fraction of sp³-hybridized carbons (Fsp3) is 0.118. The Labute approximate surface area is 134 Å². The Morgan fingerprint density at radius 2 is 1.68 bits per heavy atom. The Morgan fingerprint density at radius 1 is 1.05 bits per heavy atom. The third-order valence-electron chi connectivity index (χ3n) is 2.79. The van der Waals surface area contributed by atoms with E-state index in [0.717, 1.165) is 4.90 Å². The molecule has 0 heterocycles. The van der Waals surface area contributed by atoms with Crippen LogP contribution in [0, 0.1) is 0 Å². The van der Waals surface area contributed by atoms with E-state index >= 15 is 0 Å². The molecule has 2 aromatic carbocycles. The number of ether oxygens (including phenoxy) is 2. The van der Waals surface area contributed by atoms with Crippen molar-refractivity contribution in [3.8, 4) is 11.5 Å². The lowest BCUT2D eigenvalue weighted by Crippen LogP contribution is -2.07. The van der Waals surface area contributed by atoms with E-state index < -0.39 is 0 Å². The molecule has 0 bridgehead atoms. The molecule has 0 aromatic heterocycles. The molecule has 22 heavy (non-hydrogen) atoms. The third-order valence-corrected chi connectivity index (χ3v) is 3.60. The molecule has 0 aliphatic carbocycles. The maximum absolute atomic E-state index is 11.9. The molecule has 114 valence electrons. The van der Waals surface area contributed by atoms with Crippen molar-refractivity contribution in [2.75, 3.05) is 19.5 Å². The van der Waals surface area contributed by atoms with Crippen LogP contribution < -0.4 is 14.8 Å². The molecule has 0 unspecified atom stereocenters. The van der Waals surface area contributed by atoms with E-state index in [9.17, 15) is 4.79 Å². The average Bonchev–Trinajstić information content (AvgIpc) is 2.55. The van der Waals surface area contributed by atoms with Crippen molar-refractivity contribution in [2.45, 2.75) is 4.90 Å². The monoisotopic (exact) mass is 315 g/mol. The van der Waals surface area contributed by atoms with Gasteiger partial charge in [-0.25, -0.2) is 0 Å². The highest BCUT2D eigenvalue weighted by molar-refractivity contribution is 8.02. The van der Waals surface area contributed by atoms with Gasteiger partial charge in [-0.2, -0.15) is 0 Å². The second-order valence-electron chi connectivity index (χ2n) is 4.32. The second kappa shape index (κ2) is 8.14. The van der Waals surface area contributed by atoms with E-state index in [1.54, 1.807) is 37.8 Å². The number of thioether (sulfide) groups is 1. The minimum absolute atomic E-state index is 0.210. The molecule has 4 nitrogen and oxygen atoms in total. The van der Waals surface area contributed by atoms with Crippen molar-refractivity contribution >= 4 is 23.4 Å². The Hall–Kier alpha value is -2.40. The summed E-state index contributed by atoms with van der Waals surface area (Å²) >= 11 is 1.48. The number of anilines is 1. The first-order chi connectivity index (χ1) is 10.7.